The van der Waals surface area contributed by atoms with Crippen molar-refractivity contribution in [2.75, 3.05) is 59.4 Å². The second kappa shape index (κ2) is 13.6. The van der Waals surface area contributed by atoms with Gasteiger partial charge >= 0.3 is 6.03 Å². The Bertz CT molecular complexity index is 1260. The van der Waals surface area contributed by atoms with Crippen molar-refractivity contribution in [1.82, 2.24) is 9.80 Å². The van der Waals surface area contributed by atoms with E-state index >= 15 is 0 Å². The van der Waals surface area contributed by atoms with E-state index in [-0.39, 0.29) is 18.2 Å². The van der Waals surface area contributed by atoms with Crippen LogP contribution in [0.4, 0.5) is 19.3 Å². The van der Waals surface area contributed by atoms with Crippen molar-refractivity contribution in [3.63, 3.8) is 0 Å². The summed E-state index contributed by atoms with van der Waals surface area (Å²) in [6.45, 7) is 2.38. The van der Waals surface area contributed by atoms with Crippen LogP contribution in [0.1, 0.15) is 17.2 Å². The Morgan fingerprint density at radius 3 is 2.08 bits per heavy atom. The molecule has 3 aromatic carbocycles. The van der Waals surface area contributed by atoms with Crippen LogP contribution in [-0.4, -0.2) is 69.9 Å². The molecule has 1 aliphatic heterocycles. The summed E-state index contributed by atoms with van der Waals surface area (Å²) >= 11 is 6.06. The largest absolute Gasteiger partial charge is 0.493 e. The number of amides is 2. The maximum Gasteiger partial charge on any atom is 0.321 e. The molecule has 3 aromatic rings. The van der Waals surface area contributed by atoms with Crippen molar-refractivity contribution in [1.29, 1.82) is 0 Å². The average molecular weight is 576 g/mol. The van der Waals surface area contributed by atoms with Gasteiger partial charge in [-0.2, -0.15) is 0 Å². The lowest BCUT2D eigenvalue weighted by atomic mass is 10.1. The molecule has 0 aliphatic carbocycles. The van der Waals surface area contributed by atoms with E-state index in [0.29, 0.717) is 60.7 Å². The number of piperazine rings is 1. The Kier molecular flexibility index (Phi) is 10.0. The third-order valence-electron chi connectivity index (χ3n) is 6.73. The van der Waals surface area contributed by atoms with Crippen LogP contribution in [0.5, 0.6) is 17.2 Å². The van der Waals surface area contributed by atoms with Gasteiger partial charge in [-0.05, 0) is 29.8 Å². The predicted molar refractivity (Wildman–Crippen MR) is 148 cm³/mol. The van der Waals surface area contributed by atoms with Crippen LogP contribution in [0.15, 0.2) is 54.6 Å². The smallest absolute Gasteiger partial charge is 0.321 e. The molecular weight excluding hydrogens is 544 g/mol. The molecule has 40 heavy (non-hydrogen) atoms. The van der Waals surface area contributed by atoms with Gasteiger partial charge in [0.2, 0.25) is 5.75 Å². The topological polar surface area (TPSA) is 72.5 Å². The summed E-state index contributed by atoms with van der Waals surface area (Å²) in [6.07, 6.45) is -0.462. The van der Waals surface area contributed by atoms with Gasteiger partial charge in [-0.3, -0.25) is 4.90 Å². The first kappa shape index (κ1) is 29.4. The molecule has 214 valence electrons. The number of carbonyl (C=O) groups excluding carboxylic acids is 1. The minimum absolute atomic E-state index is 0.116. The standard InChI is InChI=1S/C29H32ClF2N3O5/c1-37-25-15-21(16-26(38-2)28(25)39-3)33-29(36)35-13-11-34(12-14-35)17-27(19-7-9-20(30)10-8-19)40-18-22-23(31)5-4-6-24(22)32/h4-10,15-16,27H,11-14,17-18H2,1-3H3,(H,33,36). The van der Waals surface area contributed by atoms with Gasteiger partial charge in [-0.25, -0.2) is 13.6 Å². The summed E-state index contributed by atoms with van der Waals surface area (Å²) in [5.74, 6) is 0.00549. The van der Waals surface area contributed by atoms with Crippen molar-refractivity contribution < 1.29 is 32.5 Å². The Hall–Kier alpha value is -3.60. The summed E-state index contributed by atoms with van der Waals surface area (Å²) in [6, 6.07) is 14.0. The van der Waals surface area contributed by atoms with Crippen LogP contribution in [0.25, 0.3) is 0 Å². The van der Waals surface area contributed by atoms with E-state index in [4.69, 9.17) is 30.5 Å². The van der Waals surface area contributed by atoms with Gasteiger partial charge in [-0.1, -0.05) is 29.8 Å². The summed E-state index contributed by atoms with van der Waals surface area (Å²) in [5.41, 5.74) is 1.23. The number of rotatable bonds is 10. The lowest BCUT2D eigenvalue weighted by molar-refractivity contribution is 0.00376. The fourth-order valence-electron chi connectivity index (χ4n) is 4.51. The molecule has 11 heteroatoms. The molecule has 8 nitrogen and oxygen atoms in total. The van der Waals surface area contributed by atoms with Crippen molar-refractivity contribution in [3.8, 4) is 17.2 Å². The maximum absolute atomic E-state index is 14.2. The molecule has 0 saturated carbocycles. The first-order chi connectivity index (χ1) is 19.3. The second-order valence-corrected chi connectivity index (χ2v) is 9.62. The van der Waals surface area contributed by atoms with Crippen molar-refractivity contribution in [2.45, 2.75) is 12.7 Å². The normalized spacial score (nSPS) is 14.5. The van der Waals surface area contributed by atoms with Crippen LogP contribution in [0, 0.1) is 11.6 Å². The van der Waals surface area contributed by atoms with Crippen molar-refractivity contribution in [2.24, 2.45) is 0 Å². The molecule has 0 radical (unpaired) electrons. The zero-order chi connectivity index (χ0) is 28.6. The fraction of sp³-hybridized carbons (Fsp3) is 0.345. The van der Waals surface area contributed by atoms with Gasteiger partial charge in [0.05, 0.1) is 39.7 Å². The molecule has 2 amide bonds. The SMILES string of the molecule is COc1cc(NC(=O)N2CCN(CC(OCc3c(F)cccc3F)c3ccc(Cl)cc3)CC2)cc(OC)c1OC. The highest BCUT2D eigenvalue weighted by molar-refractivity contribution is 6.30. The third-order valence-corrected chi connectivity index (χ3v) is 6.98. The number of urea groups is 1. The summed E-state index contributed by atoms with van der Waals surface area (Å²) < 4.78 is 50.5. The Morgan fingerprint density at radius 2 is 1.52 bits per heavy atom. The number of nitrogens with zero attached hydrogens (tertiary/aromatic N) is 2. The Morgan fingerprint density at radius 1 is 0.925 bits per heavy atom. The molecule has 4 rings (SSSR count). The minimum atomic E-state index is -0.651. The highest BCUT2D eigenvalue weighted by Gasteiger charge is 2.25. The summed E-state index contributed by atoms with van der Waals surface area (Å²) in [4.78, 5) is 16.9. The molecule has 1 atom stereocenters. The lowest BCUT2D eigenvalue weighted by Crippen LogP contribution is -2.50. The first-order valence-corrected chi connectivity index (χ1v) is 13.1. The van der Waals surface area contributed by atoms with Crippen molar-refractivity contribution >= 4 is 23.3 Å². The predicted octanol–water partition coefficient (Wildman–Crippen LogP) is 5.75. The van der Waals surface area contributed by atoms with E-state index in [1.807, 2.05) is 12.1 Å². The van der Waals surface area contributed by atoms with Gasteiger partial charge in [0.25, 0.3) is 0 Å². The number of halogens is 3. The number of hydrogen-bond acceptors (Lipinski definition) is 6. The second-order valence-electron chi connectivity index (χ2n) is 9.18. The fourth-order valence-corrected chi connectivity index (χ4v) is 4.64. The minimum Gasteiger partial charge on any atom is -0.493 e. The molecule has 0 aromatic heterocycles. The number of benzene rings is 3. The molecule has 1 N–H and O–H groups in total. The highest BCUT2D eigenvalue weighted by Crippen LogP contribution is 2.40. The van der Waals surface area contributed by atoms with Crippen molar-refractivity contribution in [3.05, 3.63) is 82.4 Å². The molecular formula is C29H32ClF2N3O5. The molecule has 1 aliphatic rings. The Labute approximate surface area is 237 Å². The van der Waals surface area contributed by atoms with E-state index < -0.39 is 17.7 Å². The van der Waals surface area contributed by atoms with Gasteiger partial charge in [-0.15, -0.1) is 0 Å². The lowest BCUT2D eigenvalue weighted by Gasteiger charge is -2.36. The monoisotopic (exact) mass is 575 g/mol. The quantitative estimate of drug-likeness (QED) is 0.332. The third kappa shape index (κ3) is 7.12. The number of methoxy groups -OCH3 is 3. The molecule has 1 unspecified atom stereocenters. The first-order valence-electron chi connectivity index (χ1n) is 12.7. The van der Waals surface area contributed by atoms with E-state index in [0.717, 1.165) is 5.56 Å². The van der Waals surface area contributed by atoms with Crippen LogP contribution < -0.4 is 19.5 Å². The number of hydrogen-bond donors (Lipinski definition) is 1. The van der Waals surface area contributed by atoms with Crippen LogP contribution in [0.2, 0.25) is 5.02 Å². The van der Waals surface area contributed by atoms with Gasteiger partial charge in [0.1, 0.15) is 11.6 Å². The van der Waals surface area contributed by atoms with E-state index in [1.54, 1.807) is 29.2 Å². The van der Waals surface area contributed by atoms with Gasteiger partial charge in [0.15, 0.2) is 11.5 Å². The average Bonchev–Trinajstić information content (AvgIpc) is 2.96. The van der Waals surface area contributed by atoms with E-state index in [2.05, 4.69) is 10.2 Å². The van der Waals surface area contributed by atoms with Gasteiger partial charge < -0.3 is 29.2 Å². The zero-order valence-corrected chi connectivity index (χ0v) is 23.3. The van der Waals surface area contributed by atoms with Crippen LogP contribution >= 0.6 is 11.6 Å². The summed E-state index contributed by atoms with van der Waals surface area (Å²) in [7, 11) is 4.53. The van der Waals surface area contributed by atoms with Crippen LogP contribution in [0.3, 0.4) is 0 Å². The number of carbonyl (C=O) groups is 1. The van der Waals surface area contributed by atoms with E-state index in [9.17, 15) is 13.6 Å². The van der Waals surface area contributed by atoms with Gasteiger partial charge in [0, 0.05) is 55.4 Å². The molecule has 0 bridgehead atoms. The Balaban J connectivity index is 1.38. The molecule has 1 saturated heterocycles. The molecule has 1 heterocycles. The summed E-state index contributed by atoms with van der Waals surface area (Å²) in [5, 5.41) is 3.47. The molecule has 1 fully saturated rings. The highest BCUT2D eigenvalue weighted by atomic mass is 35.5. The maximum atomic E-state index is 14.2. The zero-order valence-electron chi connectivity index (χ0n) is 22.6. The molecule has 0 spiro atoms. The number of nitrogens with one attached hydrogen (secondary N) is 1. The number of anilines is 1. The van der Waals surface area contributed by atoms with Crippen LogP contribution in [-0.2, 0) is 11.3 Å². The van der Waals surface area contributed by atoms with E-state index in [1.165, 1.54) is 39.5 Å². The number of ether oxygens (including phenoxy) is 4.